The number of benzene rings is 2. The van der Waals surface area contributed by atoms with Crippen molar-refractivity contribution < 1.29 is 9.59 Å². The van der Waals surface area contributed by atoms with E-state index in [1.807, 2.05) is 54.6 Å². The number of thiazole rings is 1. The molecule has 0 aliphatic carbocycles. The van der Waals surface area contributed by atoms with Gasteiger partial charge in [-0.25, -0.2) is 4.98 Å². The molecule has 3 aromatic rings. The average Bonchev–Trinajstić information content (AvgIpc) is 3.25. The van der Waals surface area contributed by atoms with Gasteiger partial charge in [-0.3, -0.25) is 9.59 Å². The molecular formula is C21H21N3O2S. The highest BCUT2D eigenvalue weighted by molar-refractivity contribution is 7.18. The molecule has 1 aliphatic heterocycles. The second kappa shape index (κ2) is 7.48. The summed E-state index contributed by atoms with van der Waals surface area (Å²) in [6.07, 6.45) is 0.288. The van der Waals surface area contributed by atoms with Gasteiger partial charge in [-0.2, -0.15) is 0 Å². The molecule has 1 unspecified atom stereocenters. The molecular weight excluding hydrogens is 358 g/mol. The molecule has 0 spiro atoms. The van der Waals surface area contributed by atoms with Crippen LogP contribution in [-0.2, 0) is 22.7 Å². The van der Waals surface area contributed by atoms with Gasteiger partial charge in [-0.1, -0.05) is 42.5 Å². The van der Waals surface area contributed by atoms with E-state index < -0.39 is 0 Å². The highest BCUT2D eigenvalue weighted by Crippen LogP contribution is 2.25. The number of carbonyl (C=O) groups is 2. The van der Waals surface area contributed by atoms with Crippen molar-refractivity contribution in [1.29, 1.82) is 0 Å². The summed E-state index contributed by atoms with van der Waals surface area (Å²) in [6, 6.07) is 17.9. The number of amides is 2. The SMILES string of the molecule is CN(Cc1nc2ccccc2s1)C(=O)C1CC(=O)N(Cc2ccccc2)C1. The Bertz CT molecular complexity index is 937. The Morgan fingerprint density at radius 3 is 2.70 bits per heavy atom. The molecule has 0 radical (unpaired) electrons. The summed E-state index contributed by atoms with van der Waals surface area (Å²) in [7, 11) is 1.79. The van der Waals surface area contributed by atoms with Crippen molar-refractivity contribution in [3.05, 3.63) is 65.2 Å². The maximum Gasteiger partial charge on any atom is 0.228 e. The van der Waals surface area contributed by atoms with Crippen LogP contribution >= 0.6 is 11.3 Å². The van der Waals surface area contributed by atoms with Crippen molar-refractivity contribution in [2.75, 3.05) is 13.6 Å². The van der Waals surface area contributed by atoms with Gasteiger partial charge in [0, 0.05) is 26.6 Å². The zero-order valence-electron chi connectivity index (χ0n) is 15.2. The van der Waals surface area contributed by atoms with E-state index in [4.69, 9.17) is 0 Å². The minimum atomic E-state index is -0.277. The van der Waals surface area contributed by atoms with Crippen LogP contribution in [0.4, 0.5) is 0 Å². The van der Waals surface area contributed by atoms with E-state index in [0.29, 0.717) is 19.6 Å². The standard InChI is InChI=1S/C21H21N3O2S/c1-23(14-19-22-17-9-5-6-10-18(17)27-19)21(26)16-11-20(25)24(13-16)12-15-7-3-2-4-8-15/h2-10,16H,11-14H2,1H3. The van der Waals surface area contributed by atoms with Crippen LogP contribution in [0.5, 0.6) is 0 Å². The van der Waals surface area contributed by atoms with Gasteiger partial charge >= 0.3 is 0 Å². The predicted octanol–water partition coefficient (Wildman–Crippen LogP) is 3.30. The molecule has 1 atom stereocenters. The zero-order chi connectivity index (χ0) is 18.8. The first-order valence-electron chi connectivity index (χ1n) is 9.01. The van der Waals surface area contributed by atoms with Gasteiger partial charge in [0.05, 0.1) is 22.7 Å². The monoisotopic (exact) mass is 379 g/mol. The lowest BCUT2D eigenvalue weighted by Gasteiger charge is -2.20. The van der Waals surface area contributed by atoms with Crippen LogP contribution in [0.2, 0.25) is 0 Å². The second-order valence-corrected chi connectivity index (χ2v) is 8.05. The Balaban J connectivity index is 1.39. The molecule has 1 aliphatic rings. The maximum atomic E-state index is 12.8. The van der Waals surface area contributed by atoms with Crippen LogP contribution in [0.15, 0.2) is 54.6 Å². The van der Waals surface area contributed by atoms with E-state index in [2.05, 4.69) is 4.98 Å². The summed E-state index contributed by atoms with van der Waals surface area (Å²) >= 11 is 1.61. The third kappa shape index (κ3) is 3.85. The quantitative estimate of drug-likeness (QED) is 0.683. The predicted molar refractivity (Wildman–Crippen MR) is 106 cm³/mol. The molecule has 1 aromatic heterocycles. The summed E-state index contributed by atoms with van der Waals surface area (Å²) in [6.45, 7) is 1.52. The number of hydrogen-bond donors (Lipinski definition) is 0. The Morgan fingerprint density at radius 2 is 1.93 bits per heavy atom. The summed E-state index contributed by atoms with van der Waals surface area (Å²) in [5.74, 6) is -0.218. The van der Waals surface area contributed by atoms with Crippen LogP contribution in [0.25, 0.3) is 10.2 Å². The molecule has 1 saturated heterocycles. The van der Waals surface area contributed by atoms with E-state index in [1.54, 1.807) is 28.2 Å². The number of carbonyl (C=O) groups excluding carboxylic acids is 2. The Hall–Kier alpha value is -2.73. The summed E-state index contributed by atoms with van der Waals surface area (Å²) < 4.78 is 1.12. The van der Waals surface area contributed by atoms with Crippen molar-refractivity contribution in [1.82, 2.24) is 14.8 Å². The molecule has 0 saturated carbocycles. The summed E-state index contributed by atoms with van der Waals surface area (Å²) in [4.78, 5) is 33.2. The van der Waals surface area contributed by atoms with Crippen molar-refractivity contribution >= 4 is 33.4 Å². The average molecular weight is 379 g/mol. The van der Waals surface area contributed by atoms with E-state index in [1.165, 1.54) is 0 Å². The van der Waals surface area contributed by atoms with Gasteiger partial charge in [0.15, 0.2) is 0 Å². The first-order valence-corrected chi connectivity index (χ1v) is 9.83. The molecule has 0 N–H and O–H groups in total. The van der Waals surface area contributed by atoms with Crippen LogP contribution < -0.4 is 0 Å². The zero-order valence-corrected chi connectivity index (χ0v) is 16.0. The van der Waals surface area contributed by atoms with Crippen LogP contribution in [0, 0.1) is 5.92 Å². The van der Waals surface area contributed by atoms with Gasteiger partial charge < -0.3 is 9.80 Å². The fraction of sp³-hybridized carbons (Fsp3) is 0.286. The van der Waals surface area contributed by atoms with Crippen LogP contribution in [-0.4, -0.2) is 40.2 Å². The Kier molecular flexibility index (Phi) is 4.90. The van der Waals surface area contributed by atoms with Gasteiger partial charge in [0.1, 0.15) is 5.01 Å². The highest BCUT2D eigenvalue weighted by atomic mass is 32.1. The lowest BCUT2D eigenvalue weighted by molar-refractivity contribution is -0.135. The molecule has 2 heterocycles. The minimum absolute atomic E-state index is 0.0122. The smallest absolute Gasteiger partial charge is 0.228 e. The number of rotatable bonds is 5. The number of para-hydroxylation sites is 1. The van der Waals surface area contributed by atoms with Crippen molar-refractivity contribution in [2.24, 2.45) is 5.92 Å². The molecule has 2 aromatic carbocycles. The number of likely N-dealkylation sites (tertiary alicyclic amines) is 1. The lowest BCUT2D eigenvalue weighted by Crippen LogP contribution is -2.34. The summed E-state index contributed by atoms with van der Waals surface area (Å²) in [5.41, 5.74) is 2.05. The number of aromatic nitrogens is 1. The van der Waals surface area contributed by atoms with E-state index in [-0.39, 0.29) is 24.2 Å². The number of hydrogen-bond acceptors (Lipinski definition) is 4. The highest BCUT2D eigenvalue weighted by Gasteiger charge is 2.35. The molecule has 4 rings (SSSR count). The third-order valence-electron chi connectivity index (χ3n) is 4.87. The fourth-order valence-electron chi connectivity index (χ4n) is 3.47. The van der Waals surface area contributed by atoms with Crippen molar-refractivity contribution in [3.8, 4) is 0 Å². The van der Waals surface area contributed by atoms with E-state index in [9.17, 15) is 9.59 Å². The van der Waals surface area contributed by atoms with Gasteiger partial charge in [-0.05, 0) is 17.7 Å². The molecule has 6 heteroatoms. The lowest BCUT2D eigenvalue weighted by atomic mass is 10.1. The van der Waals surface area contributed by atoms with E-state index in [0.717, 1.165) is 20.8 Å². The molecule has 5 nitrogen and oxygen atoms in total. The fourth-order valence-corrected chi connectivity index (χ4v) is 4.50. The third-order valence-corrected chi connectivity index (χ3v) is 5.89. The van der Waals surface area contributed by atoms with Crippen LogP contribution in [0.1, 0.15) is 17.0 Å². The Morgan fingerprint density at radius 1 is 1.19 bits per heavy atom. The first kappa shape index (κ1) is 17.7. The van der Waals surface area contributed by atoms with Gasteiger partial charge in [0.2, 0.25) is 11.8 Å². The topological polar surface area (TPSA) is 53.5 Å². The normalized spacial score (nSPS) is 16.9. The molecule has 138 valence electrons. The number of fused-ring (bicyclic) bond motifs is 1. The molecule has 2 amide bonds. The largest absolute Gasteiger partial charge is 0.339 e. The van der Waals surface area contributed by atoms with Crippen LogP contribution in [0.3, 0.4) is 0 Å². The molecule has 27 heavy (non-hydrogen) atoms. The van der Waals surface area contributed by atoms with Crippen molar-refractivity contribution in [3.63, 3.8) is 0 Å². The second-order valence-electron chi connectivity index (χ2n) is 6.93. The van der Waals surface area contributed by atoms with Gasteiger partial charge in [-0.15, -0.1) is 11.3 Å². The first-order chi connectivity index (χ1) is 13.1. The van der Waals surface area contributed by atoms with Gasteiger partial charge in [0.25, 0.3) is 0 Å². The van der Waals surface area contributed by atoms with E-state index >= 15 is 0 Å². The summed E-state index contributed by atoms with van der Waals surface area (Å²) in [5, 5.41) is 0.914. The number of nitrogens with zero attached hydrogens (tertiary/aromatic N) is 3. The van der Waals surface area contributed by atoms with Crippen molar-refractivity contribution in [2.45, 2.75) is 19.5 Å². The Labute approximate surface area is 162 Å². The molecule has 0 bridgehead atoms. The minimum Gasteiger partial charge on any atom is -0.339 e. The maximum absolute atomic E-state index is 12.8. The molecule has 1 fully saturated rings.